The van der Waals surface area contributed by atoms with E-state index in [9.17, 15) is 9.59 Å². The van der Waals surface area contributed by atoms with Crippen molar-refractivity contribution in [3.63, 3.8) is 0 Å². The summed E-state index contributed by atoms with van der Waals surface area (Å²) in [6.07, 6.45) is 0. The van der Waals surface area contributed by atoms with Crippen molar-refractivity contribution in [2.75, 3.05) is 6.61 Å². The number of hydrogen-bond donors (Lipinski definition) is 2. The highest BCUT2D eigenvalue weighted by Crippen LogP contribution is 2.30. The lowest BCUT2D eigenvalue weighted by molar-refractivity contribution is -0.123. The van der Waals surface area contributed by atoms with Crippen LogP contribution in [0.4, 0.5) is 0 Å². The molecule has 0 fully saturated rings. The van der Waals surface area contributed by atoms with Crippen LogP contribution >= 0.6 is 11.3 Å². The van der Waals surface area contributed by atoms with Gasteiger partial charge in [0.05, 0.1) is 20.8 Å². The number of aryl methyl sites for hydroxylation is 1. The minimum Gasteiger partial charge on any atom is -0.484 e. The van der Waals surface area contributed by atoms with Gasteiger partial charge in [0.1, 0.15) is 5.75 Å². The number of nitrogens with one attached hydrogen (secondary N) is 2. The SMILES string of the molecule is CCn1c(-c2ccc(C(=O)NNC(=O)COc3ccccc3)s2)nc2ccccc21. The molecule has 0 aliphatic rings. The van der Waals surface area contributed by atoms with E-state index >= 15 is 0 Å². The molecule has 2 N–H and O–H groups in total. The number of fused-ring (bicyclic) bond motifs is 1. The summed E-state index contributed by atoms with van der Waals surface area (Å²) in [5.74, 6) is 0.568. The highest BCUT2D eigenvalue weighted by molar-refractivity contribution is 7.17. The van der Waals surface area contributed by atoms with Crippen molar-refractivity contribution >= 4 is 34.2 Å². The first-order valence-electron chi connectivity index (χ1n) is 9.48. The maximum Gasteiger partial charge on any atom is 0.279 e. The van der Waals surface area contributed by atoms with Crippen LogP contribution in [-0.2, 0) is 11.3 Å². The molecule has 4 rings (SSSR count). The topological polar surface area (TPSA) is 85.2 Å². The standard InChI is InChI=1S/C22H20N4O3S/c1-2-26-17-11-7-6-10-16(17)23-21(26)18-12-13-19(30-18)22(28)25-24-20(27)14-29-15-8-4-3-5-9-15/h3-13H,2,14H2,1H3,(H,24,27)(H,25,28). The fourth-order valence-corrected chi connectivity index (χ4v) is 3.95. The van der Waals surface area contributed by atoms with Crippen LogP contribution in [0.3, 0.4) is 0 Å². The average molecular weight is 420 g/mol. The number of para-hydroxylation sites is 3. The van der Waals surface area contributed by atoms with Crippen molar-refractivity contribution < 1.29 is 14.3 Å². The van der Waals surface area contributed by atoms with E-state index in [1.165, 1.54) is 11.3 Å². The second-order valence-electron chi connectivity index (χ2n) is 6.44. The van der Waals surface area contributed by atoms with Crippen LogP contribution in [0.5, 0.6) is 5.75 Å². The van der Waals surface area contributed by atoms with Gasteiger partial charge in [-0.1, -0.05) is 30.3 Å². The first kappa shape index (κ1) is 19.7. The molecule has 8 heteroatoms. The fraction of sp³-hybridized carbons (Fsp3) is 0.136. The zero-order valence-electron chi connectivity index (χ0n) is 16.3. The molecule has 0 spiro atoms. The Bertz CT molecular complexity index is 1180. The molecule has 0 saturated heterocycles. The van der Waals surface area contributed by atoms with Gasteiger partial charge in [0.2, 0.25) is 0 Å². The van der Waals surface area contributed by atoms with Gasteiger partial charge in [0, 0.05) is 6.54 Å². The molecule has 0 unspecified atom stereocenters. The fourth-order valence-electron chi connectivity index (χ4n) is 3.05. The second kappa shape index (κ2) is 8.79. The molecular weight excluding hydrogens is 400 g/mol. The average Bonchev–Trinajstić information content (AvgIpc) is 3.41. The molecule has 0 atom stereocenters. The van der Waals surface area contributed by atoms with E-state index in [2.05, 4.69) is 22.3 Å². The second-order valence-corrected chi connectivity index (χ2v) is 7.52. The lowest BCUT2D eigenvalue weighted by Gasteiger charge is -2.08. The third kappa shape index (κ3) is 4.18. The highest BCUT2D eigenvalue weighted by atomic mass is 32.1. The summed E-state index contributed by atoms with van der Waals surface area (Å²) in [4.78, 5) is 30.4. The van der Waals surface area contributed by atoms with Crippen LogP contribution in [0, 0.1) is 0 Å². The van der Waals surface area contributed by atoms with E-state index in [4.69, 9.17) is 9.72 Å². The number of imidazole rings is 1. The molecule has 7 nitrogen and oxygen atoms in total. The van der Waals surface area contributed by atoms with Crippen molar-refractivity contribution in [1.29, 1.82) is 0 Å². The van der Waals surface area contributed by atoms with E-state index in [1.807, 2.05) is 48.5 Å². The minimum atomic E-state index is -0.447. The first-order valence-corrected chi connectivity index (χ1v) is 10.3. The molecule has 0 bridgehead atoms. The maximum absolute atomic E-state index is 12.4. The van der Waals surface area contributed by atoms with Gasteiger partial charge in [0.15, 0.2) is 12.4 Å². The van der Waals surface area contributed by atoms with Gasteiger partial charge in [-0.2, -0.15) is 0 Å². The van der Waals surface area contributed by atoms with Crippen LogP contribution < -0.4 is 15.6 Å². The van der Waals surface area contributed by atoms with Crippen LogP contribution in [-0.4, -0.2) is 28.0 Å². The minimum absolute atomic E-state index is 0.194. The number of carbonyl (C=O) groups is 2. The summed E-state index contributed by atoms with van der Waals surface area (Å²) in [6, 6.07) is 20.5. The quantitative estimate of drug-likeness (QED) is 0.467. The molecule has 2 amide bonds. The summed E-state index contributed by atoms with van der Waals surface area (Å²) in [5.41, 5.74) is 6.76. The van der Waals surface area contributed by atoms with Crippen molar-refractivity contribution in [3.05, 3.63) is 71.6 Å². The van der Waals surface area contributed by atoms with Crippen molar-refractivity contribution in [1.82, 2.24) is 20.4 Å². The van der Waals surface area contributed by atoms with E-state index in [1.54, 1.807) is 18.2 Å². The molecule has 0 aliphatic carbocycles. The highest BCUT2D eigenvalue weighted by Gasteiger charge is 2.16. The van der Waals surface area contributed by atoms with Gasteiger partial charge in [-0.3, -0.25) is 20.4 Å². The van der Waals surface area contributed by atoms with Gasteiger partial charge in [0.25, 0.3) is 11.8 Å². The number of benzene rings is 2. The van der Waals surface area contributed by atoms with Crippen LogP contribution in [0.1, 0.15) is 16.6 Å². The van der Waals surface area contributed by atoms with Gasteiger partial charge in [-0.05, 0) is 43.3 Å². The molecule has 2 heterocycles. The molecule has 4 aromatic rings. The zero-order valence-corrected chi connectivity index (χ0v) is 17.1. The summed E-state index contributed by atoms with van der Waals surface area (Å²) < 4.78 is 7.47. The van der Waals surface area contributed by atoms with Gasteiger partial charge in [-0.15, -0.1) is 11.3 Å². The summed E-state index contributed by atoms with van der Waals surface area (Å²) in [5, 5.41) is 0. The molecule has 2 aromatic carbocycles. The Morgan fingerprint density at radius 2 is 1.77 bits per heavy atom. The summed E-state index contributed by atoms with van der Waals surface area (Å²) >= 11 is 1.32. The number of carbonyl (C=O) groups excluding carboxylic acids is 2. The number of hydrazine groups is 1. The number of hydrogen-bond acceptors (Lipinski definition) is 5. The van der Waals surface area contributed by atoms with Crippen molar-refractivity contribution in [2.24, 2.45) is 0 Å². The smallest absolute Gasteiger partial charge is 0.279 e. The normalized spacial score (nSPS) is 10.7. The largest absolute Gasteiger partial charge is 0.484 e. The third-order valence-corrected chi connectivity index (χ3v) is 5.53. The number of amides is 2. The molecular formula is C22H20N4O3S. The zero-order chi connectivity index (χ0) is 20.9. The lowest BCUT2D eigenvalue weighted by Crippen LogP contribution is -2.43. The Balaban J connectivity index is 1.39. The predicted octanol–water partition coefficient (Wildman–Crippen LogP) is 3.62. The van der Waals surface area contributed by atoms with Crippen LogP contribution in [0.2, 0.25) is 0 Å². The molecule has 30 heavy (non-hydrogen) atoms. The van der Waals surface area contributed by atoms with Crippen molar-refractivity contribution in [2.45, 2.75) is 13.5 Å². The van der Waals surface area contributed by atoms with E-state index in [-0.39, 0.29) is 6.61 Å². The van der Waals surface area contributed by atoms with Crippen LogP contribution in [0.15, 0.2) is 66.7 Å². The number of ether oxygens (including phenoxy) is 1. The van der Waals surface area contributed by atoms with E-state index in [0.29, 0.717) is 10.6 Å². The summed E-state index contributed by atoms with van der Waals surface area (Å²) in [7, 11) is 0. The van der Waals surface area contributed by atoms with Gasteiger partial charge < -0.3 is 9.30 Å². The maximum atomic E-state index is 12.4. The van der Waals surface area contributed by atoms with E-state index < -0.39 is 11.8 Å². The molecule has 152 valence electrons. The Labute approximate surface area is 177 Å². The lowest BCUT2D eigenvalue weighted by atomic mass is 10.3. The summed E-state index contributed by atoms with van der Waals surface area (Å²) in [6.45, 7) is 2.64. The predicted molar refractivity (Wildman–Crippen MR) is 116 cm³/mol. The molecule has 0 saturated carbocycles. The molecule has 0 aliphatic heterocycles. The Morgan fingerprint density at radius 3 is 2.57 bits per heavy atom. The van der Waals surface area contributed by atoms with Crippen molar-refractivity contribution in [3.8, 4) is 16.5 Å². The number of thiophene rings is 1. The number of nitrogens with zero attached hydrogens (tertiary/aromatic N) is 2. The first-order chi connectivity index (χ1) is 14.7. The molecule has 0 radical (unpaired) electrons. The van der Waals surface area contributed by atoms with E-state index in [0.717, 1.165) is 28.3 Å². The van der Waals surface area contributed by atoms with Gasteiger partial charge in [-0.25, -0.2) is 4.98 Å². The Kier molecular flexibility index (Phi) is 5.76. The Morgan fingerprint density at radius 1 is 1.00 bits per heavy atom. The van der Waals surface area contributed by atoms with Crippen LogP contribution in [0.25, 0.3) is 21.7 Å². The van der Waals surface area contributed by atoms with Gasteiger partial charge >= 0.3 is 0 Å². The Hall–Kier alpha value is -3.65. The molecule has 2 aromatic heterocycles. The monoisotopic (exact) mass is 420 g/mol. The number of aromatic nitrogens is 2. The third-order valence-electron chi connectivity index (χ3n) is 4.45. The number of rotatable bonds is 6.